The van der Waals surface area contributed by atoms with Crippen molar-refractivity contribution in [2.24, 2.45) is 11.3 Å². The van der Waals surface area contributed by atoms with Crippen molar-refractivity contribution < 1.29 is 19.0 Å². The van der Waals surface area contributed by atoms with Crippen molar-refractivity contribution in [3.8, 4) is 0 Å². The molecule has 2 bridgehead atoms. The molecule has 1 spiro atoms. The predicted octanol–water partition coefficient (Wildman–Crippen LogP) is 3.56. The smallest absolute Gasteiger partial charge is 0.308 e. The number of esters is 1. The highest BCUT2D eigenvalue weighted by molar-refractivity contribution is 5.72. The highest BCUT2D eigenvalue weighted by Gasteiger charge is 2.61. The molecule has 0 aromatic rings. The van der Waals surface area contributed by atoms with Crippen LogP contribution >= 0.6 is 0 Å². The van der Waals surface area contributed by atoms with Crippen molar-refractivity contribution in [2.45, 2.75) is 70.7 Å². The van der Waals surface area contributed by atoms with Crippen LogP contribution in [0.1, 0.15) is 58.8 Å². The lowest BCUT2D eigenvalue weighted by Gasteiger charge is -2.45. The summed E-state index contributed by atoms with van der Waals surface area (Å²) in [6.07, 6.45) is 10.6. The van der Waals surface area contributed by atoms with Gasteiger partial charge < -0.3 is 14.2 Å². The third kappa shape index (κ3) is 2.37. The maximum atomic E-state index is 12.2. The molecule has 21 heavy (non-hydrogen) atoms. The van der Waals surface area contributed by atoms with Crippen LogP contribution in [0.4, 0.5) is 0 Å². The molecule has 4 nitrogen and oxygen atoms in total. The van der Waals surface area contributed by atoms with Gasteiger partial charge in [-0.15, -0.1) is 0 Å². The molecule has 0 unspecified atom stereocenters. The van der Waals surface area contributed by atoms with E-state index in [1.54, 1.807) is 6.26 Å². The molecule has 0 aromatic carbocycles. The summed E-state index contributed by atoms with van der Waals surface area (Å²) in [5.74, 6) is -0.0316. The Morgan fingerprint density at radius 3 is 2.86 bits per heavy atom. The van der Waals surface area contributed by atoms with Crippen molar-refractivity contribution in [3.63, 3.8) is 0 Å². The monoisotopic (exact) mass is 294 g/mol. The standard InChI is InChI=1S/C17H26O4/c1-3-13(4-2)15(18)20-12-16-7-5-6-8-17(16)9-10-19-14(11-16)21-17/h9-10,13-14H,3-8,11-12H2,1-2H3/t14-,16+,17-/m1/s1. The van der Waals surface area contributed by atoms with E-state index in [4.69, 9.17) is 14.2 Å². The summed E-state index contributed by atoms with van der Waals surface area (Å²) in [7, 11) is 0. The highest BCUT2D eigenvalue weighted by Crippen LogP contribution is 2.58. The molecule has 118 valence electrons. The number of ether oxygens (including phenoxy) is 3. The molecule has 0 radical (unpaired) electrons. The molecule has 2 fully saturated rings. The highest BCUT2D eigenvalue weighted by atomic mass is 16.7. The second-order valence-electron chi connectivity index (χ2n) is 6.69. The van der Waals surface area contributed by atoms with E-state index in [1.807, 2.05) is 13.8 Å². The number of rotatable bonds is 5. The van der Waals surface area contributed by atoms with Crippen LogP contribution in [0, 0.1) is 11.3 Å². The van der Waals surface area contributed by atoms with Gasteiger partial charge in [0.2, 0.25) is 6.29 Å². The number of fused-ring (bicyclic) bond motifs is 1. The number of carbonyl (C=O) groups is 1. The first-order valence-electron chi connectivity index (χ1n) is 8.32. The molecule has 2 heterocycles. The minimum atomic E-state index is -0.275. The zero-order chi connectivity index (χ0) is 14.9. The lowest BCUT2D eigenvalue weighted by Crippen LogP contribution is -2.49. The zero-order valence-corrected chi connectivity index (χ0v) is 13.1. The summed E-state index contributed by atoms with van der Waals surface area (Å²) in [5, 5.41) is 0. The first kappa shape index (κ1) is 14.9. The Hall–Kier alpha value is -1.03. The Bertz CT molecular complexity index is 429. The predicted molar refractivity (Wildman–Crippen MR) is 78.4 cm³/mol. The lowest BCUT2D eigenvalue weighted by molar-refractivity contribution is -0.174. The quantitative estimate of drug-likeness (QED) is 0.727. The molecule has 3 atom stereocenters. The maximum absolute atomic E-state index is 12.2. The van der Waals surface area contributed by atoms with Gasteiger partial charge in [0.25, 0.3) is 0 Å². The average molecular weight is 294 g/mol. The molecular weight excluding hydrogens is 268 g/mol. The van der Waals surface area contributed by atoms with Crippen molar-refractivity contribution in [2.75, 3.05) is 6.61 Å². The average Bonchev–Trinajstić information content (AvgIpc) is 2.72. The summed E-state index contributed by atoms with van der Waals surface area (Å²) in [4.78, 5) is 12.2. The third-order valence-electron chi connectivity index (χ3n) is 5.63. The number of hydrogen-bond acceptors (Lipinski definition) is 4. The Kier molecular flexibility index (Phi) is 4.00. The van der Waals surface area contributed by atoms with Crippen LogP contribution in [0.3, 0.4) is 0 Å². The van der Waals surface area contributed by atoms with Gasteiger partial charge in [-0.25, -0.2) is 0 Å². The van der Waals surface area contributed by atoms with E-state index in [-0.39, 0.29) is 29.2 Å². The Morgan fingerprint density at radius 1 is 1.33 bits per heavy atom. The van der Waals surface area contributed by atoms with Crippen molar-refractivity contribution in [1.29, 1.82) is 0 Å². The van der Waals surface area contributed by atoms with Gasteiger partial charge in [0, 0.05) is 11.8 Å². The van der Waals surface area contributed by atoms with Crippen LogP contribution in [0.25, 0.3) is 0 Å². The Labute approximate surface area is 126 Å². The minimum absolute atomic E-state index is 0.0226. The van der Waals surface area contributed by atoms with Crippen LogP contribution in [-0.2, 0) is 19.0 Å². The van der Waals surface area contributed by atoms with E-state index in [1.165, 1.54) is 12.8 Å². The van der Waals surface area contributed by atoms with Crippen LogP contribution in [0.15, 0.2) is 12.3 Å². The molecule has 0 amide bonds. The van der Waals surface area contributed by atoms with Crippen LogP contribution < -0.4 is 0 Å². The minimum Gasteiger partial charge on any atom is -0.473 e. The van der Waals surface area contributed by atoms with Gasteiger partial charge in [0.05, 0.1) is 12.2 Å². The SMILES string of the molecule is CCC(CC)C(=O)OC[C@@]12CCCC[C@@]13C=CO[C@@H](C2)O3. The van der Waals surface area contributed by atoms with Crippen LogP contribution in [0.2, 0.25) is 0 Å². The molecule has 0 aromatic heterocycles. The second-order valence-corrected chi connectivity index (χ2v) is 6.69. The largest absolute Gasteiger partial charge is 0.473 e. The summed E-state index contributed by atoms with van der Waals surface area (Å²) >= 11 is 0. The topological polar surface area (TPSA) is 44.8 Å². The van der Waals surface area contributed by atoms with E-state index < -0.39 is 0 Å². The van der Waals surface area contributed by atoms with E-state index in [2.05, 4.69) is 6.08 Å². The molecule has 1 saturated heterocycles. The van der Waals surface area contributed by atoms with E-state index in [0.29, 0.717) is 6.61 Å². The van der Waals surface area contributed by atoms with Gasteiger partial charge in [0.1, 0.15) is 12.2 Å². The second kappa shape index (κ2) is 5.64. The first-order chi connectivity index (χ1) is 10.1. The van der Waals surface area contributed by atoms with Gasteiger partial charge in [-0.2, -0.15) is 0 Å². The molecule has 0 N–H and O–H groups in total. The fourth-order valence-electron chi connectivity index (χ4n) is 4.20. The van der Waals surface area contributed by atoms with Gasteiger partial charge in [-0.1, -0.05) is 26.7 Å². The molecule has 2 aliphatic heterocycles. The summed E-state index contributed by atoms with van der Waals surface area (Å²) in [6, 6.07) is 0. The molecule has 1 aliphatic carbocycles. The zero-order valence-electron chi connectivity index (χ0n) is 13.1. The normalized spacial score (nSPS) is 37.2. The van der Waals surface area contributed by atoms with Gasteiger partial charge >= 0.3 is 5.97 Å². The number of carbonyl (C=O) groups excluding carboxylic acids is 1. The number of hydrogen-bond donors (Lipinski definition) is 0. The van der Waals surface area contributed by atoms with E-state index in [0.717, 1.165) is 32.1 Å². The van der Waals surface area contributed by atoms with Crippen molar-refractivity contribution in [1.82, 2.24) is 0 Å². The van der Waals surface area contributed by atoms with E-state index in [9.17, 15) is 4.79 Å². The van der Waals surface area contributed by atoms with Gasteiger partial charge in [-0.3, -0.25) is 4.79 Å². The first-order valence-corrected chi connectivity index (χ1v) is 8.32. The van der Waals surface area contributed by atoms with Gasteiger partial charge in [0.15, 0.2) is 0 Å². The summed E-state index contributed by atoms with van der Waals surface area (Å²) in [6.45, 7) is 4.54. The molecule has 4 heteroatoms. The Balaban J connectivity index is 1.73. The fourth-order valence-corrected chi connectivity index (χ4v) is 4.20. The summed E-state index contributed by atoms with van der Waals surface area (Å²) < 4.78 is 17.4. The molecule has 3 rings (SSSR count). The molecular formula is C17H26O4. The van der Waals surface area contributed by atoms with E-state index >= 15 is 0 Å². The lowest BCUT2D eigenvalue weighted by atomic mass is 9.63. The third-order valence-corrected chi connectivity index (χ3v) is 5.63. The molecule has 3 aliphatic rings. The summed E-state index contributed by atoms with van der Waals surface area (Å²) in [5.41, 5.74) is -0.368. The van der Waals surface area contributed by atoms with Crippen molar-refractivity contribution >= 4 is 5.97 Å². The molecule has 1 saturated carbocycles. The maximum Gasteiger partial charge on any atom is 0.308 e. The van der Waals surface area contributed by atoms with Crippen LogP contribution in [0.5, 0.6) is 0 Å². The van der Waals surface area contributed by atoms with Crippen molar-refractivity contribution in [3.05, 3.63) is 12.3 Å². The van der Waals surface area contributed by atoms with Gasteiger partial charge in [-0.05, 0) is 31.8 Å². The Morgan fingerprint density at radius 2 is 2.10 bits per heavy atom. The van der Waals surface area contributed by atoms with Crippen LogP contribution in [-0.4, -0.2) is 24.5 Å². The fraction of sp³-hybridized carbons (Fsp3) is 0.824.